The minimum absolute atomic E-state index is 0.278. The van der Waals surface area contributed by atoms with Gasteiger partial charge in [0.15, 0.2) is 0 Å². The van der Waals surface area contributed by atoms with Gasteiger partial charge in [0.05, 0.1) is 23.6 Å². The summed E-state index contributed by atoms with van der Waals surface area (Å²) in [6.07, 6.45) is -0.290. The topological polar surface area (TPSA) is 46.6 Å². The first kappa shape index (κ1) is 18.9. The summed E-state index contributed by atoms with van der Waals surface area (Å²) in [6.45, 7) is 2.54. The SMILES string of the molecule is Cc1ccc(S(=O)(=O)N2C[C@H](c3ccccc3)OC[C@H]2c2ccccc2)cc1. The second-order valence-corrected chi connectivity index (χ2v) is 8.94. The molecule has 0 aliphatic carbocycles. The standard InChI is InChI=1S/C23H23NO3S/c1-18-12-14-21(15-13-18)28(25,26)24-16-23(20-10-6-3-7-11-20)27-17-22(24)19-8-4-2-5-9-19/h2-15,22-23H,16-17H2,1H3/t22-,23+/m0/s1. The molecule has 0 radical (unpaired) electrons. The fourth-order valence-electron chi connectivity index (χ4n) is 3.55. The van der Waals surface area contributed by atoms with Gasteiger partial charge in [0, 0.05) is 6.54 Å². The third kappa shape index (κ3) is 3.74. The molecule has 0 bridgehead atoms. The molecule has 5 heteroatoms. The highest BCUT2D eigenvalue weighted by molar-refractivity contribution is 7.89. The molecule has 1 saturated heterocycles. The van der Waals surface area contributed by atoms with E-state index in [0.717, 1.165) is 16.7 Å². The van der Waals surface area contributed by atoms with Crippen molar-refractivity contribution < 1.29 is 13.2 Å². The van der Waals surface area contributed by atoms with Crippen molar-refractivity contribution in [3.63, 3.8) is 0 Å². The van der Waals surface area contributed by atoms with Crippen LogP contribution in [-0.2, 0) is 14.8 Å². The van der Waals surface area contributed by atoms with Gasteiger partial charge in [-0.2, -0.15) is 4.31 Å². The van der Waals surface area contributed by atoms with Gasteiger partial charge in [-0.15, -0.1) is 0 Å². The molecule has 0 spiro atoms. The van der Waals surface area contributed by atoms with Crippen molar-refractivity contribution in [1.29, 1.82) is 0 Å². The van der Waals surface area contributed by atoms with Crippen LogP contribution in [0.4, 0.5) is 0 Å². The van der Waals surface area contributed by atoms with Crippen molar-refractivity contribution in [1.82, 2.24) is 4.31 Å². The summed E-state index contributed by atoms with van der Waals surface area (Å²) in [6, 6.07) is 26.1. The Morgan fingerprint density at radius 1 is 0.821 bits per heavy atom. The normalized spacial score (nSPS) is 20.8. The molecule has 4 rings (SSSR count). The molecule has 1 fully saturated rings. The summed E-state index contributed by atoms with van der Waals surface area (Å²) in [4.78, 5) is 0.313. The predicted molar refractivity (Wildman–Crippen MR) is 109 cm³/mol. The average molecular weight is 394 g/mol. The van der Waals surface area contributed by atoms with Crippen LogP contribution in [0.2, 0.25) is 0 Å². The Morgan fingerprint density at radius 2 is 1.39 bits per heavy atom. The third-order valence-corrected chi connectivity index (χ3v) is 7.02. The minimum atomic E-state index is -3.66. The molecule has 0 saturated carbocycles. The monoisotopic (exact) mass is 393 g/mol. The maximum Gasteiger partial charge on any atom is 0.243 e. The van der Waals surface area contributed by atoms with Gasteiger partial charge in [-0.1, -0.05) is 78.4 Å². The number of aryl methyl sites for hydroxylation is 1. The lowest BCUT2D eigenvalue weighted by Gasteiger charge is -2.39. The van der Waals surface area contributed by atoms with E-state index in [1.54, 1.807) is 16.4 Å². The molecule has 28 heavy (non-hydrogen) atoms. The highest BCUT2D eigenvalue weighted by Crippen LogP contribution is 2.36. The number of nitrogens with zero attached hydrogens (tertiary/aromatic N) is 1. The zero-order valence-electron chi connectivity index (χ0n) is 15.7. The second kappa shape index (κ2) is 7.87. The highest BCUT2D eigenvalue weighted by atomic mass is 32.2. The Balaban J connectivity index is 1.73. The predicted octanol–water partition coefficient (Wildman–Crippen LogP) is 4.50. The number of ether oxygens (including phenoxy) is 1. The van der Waals surface area contributed by atoms with E-state index in [1.807, 2.05) is 79.7 Å². The van der Waals surface area contributed by atoms with Crippen LogP contribution in [0, 0.1) is 6.92 Å². The first-order valence-corrected chi connectivity index (χ1v) is 10.8. The van der Waals surface area contributed by atoms with Gasteiger partial charge in [-0.3, -0.25) is 0 Å². The molecular formula is C23H23NO3S. The van der Waals surface area contributed by atoms with Gasteiger partial charge >= 0.3 is 0 Å². The van der Waals surface area contributed by atoms with E-state index in [-0.39, 0.29) is 18.7 Å². The third-order valence-electron chi connectivity index (χ3n) is 5.13. The molecule has 0 N–H and O–H groups in total. The summed E-state index contributed by atoms with van der Waals surface area (Å²) >= 11 is 0. The van der Waals surface area contributed by atoms with Crippen LogP contribution >= 0.6 is 0 Å². The zero-order valence-corrected chi connectivity index (χ0v) is 16.5. The summed E-state index contributed by atoms with van der Waals surface area (Å²) < 4.78 is 34.8. The minimum Gasteiger partial charge on any atom is -0.370 e. The fraction of sp³-hybridized carbons (Fsp3) is 0.217. The quantitative estimate of drug-likeness (QED) is 0.656. The molecular weight excluding hydrogens is 370 g/mol. The fourth-order valence-corrected chi connectivity index (χ4v) is 5.15. The number of sulfonamides is 1. The Labute approximate surface area is 166 Å². The van der Waals surface area contributed by atoms with E-state index in [4.69, 9.17) is 4.74 Å². The Morgan fingerprint density at radius 3 is 2.00 bits per heavy atom. The largest absolute Gasteiger partial charge is 0.370 e. The molecule has 0 aromatic heterocycles. The first-order valence-electron chi connectivity index (χ1n) is 9.36. The van der Waals surface area contributed by atoms with Crippen LogP contribution < -0.4 is 0 Å². The molecule has 1 aliphatic heterocycles. The summed E-state index contributed by atoms with van der Waals surface area (Å²) in [7, 11) is -3.66. The van der Waals surface area contributed by atoms with E-state index in [0.29, 0.717) is 11.5 Å². The van der Waals surface area contributed by atoms with E-state index in [9.17, 15) is 8.42 Å². The maximum absolute atomic E-state index is 13.5. The molecule has 2 atom stereocenters. The Kier molecular flexibility index (Phi) is 5.31. The molecule has 144 valence electrons. The molecule has 4 nitrogen and oxygen atoms in total. The van der Waals surface area contributed by atoms with Gasteiger partial charge in [0.1, 0.15) is 0 Å². The molecule has 1 aliphatic rings. The van der Waals surface area contributed by atoms with Crippen LogP contribution in [0.15, 0.2) is 89.8 Å². The molecule has 0 amide bonds. The number of hydrogen-bond donors (Lipinski definition) is 0. The van der Waals surface area contributed by atoms with Crippen molar-refractivity contribution in [2.75, 3.05) is 13.2 Å². The smallest absolute Gasteiger partial charge is 0.243 e. The van der Waals surface area contributed by atoms with Crippen LogP contribution in [0.1, 0.15) is 28.8 Å². The highest BCUT2D eigenvalue weighted by Gasteiger charge is 2.39. The van der Waals surface area contributed by atoms with Crippen molar-refractivity contribution in [3.8, 4) is 0 Å². The van der Waals surface area contributed by atoms with Crippen molar-refractivity contribution in [2.24, 2.45) is 0 Å². The van der Waals surface area contributed by atoms with Crippen molar-refractivity contribution in [3.05, 3.63) is 102 Å². The van der Waals surface area contributed by atoms with E-state index >= 15 is 0 Å². The van der Waals surface area contributed by atoms with Crippen LogP contribution in [0.3, 0.4) is 0 Å². The van der Waals surface area contributed by atoms with Gasteiger partial charge < -0.3 is 4.74 Å². The van der Waals surface area contributed by atoms with E-state index in [2.05, 4.69) is 0 Å². The lowest BCUT2D eigenvalue weighted by molar-refractivity contribution is -0.0348. The Hall–Kier alpha value is -2.47. The van der Waals surface area contributed by atoms with Crippen LogP contribution in [-0.4, -0.2) is 25.9 Å². The zero-order chi connectivity index (χ0) is 19.6. The molecule has 0 unspecified atom stereocenters. The van der Waals surface area contributed by atoms with Gasteiger partial charge in [-0.05, 0) is 30.2 Å². The summed E-state index contributed by atoms with van der Waals surface area (Å²) in [5.74, 6) is 0. The van der Waals surface area contributed by atoms with Gasteiger partial charge in [-0.25, -0.2) is 8.42 Å². The number of hydrogen-bond acceptors (Lipinski definition) is 3. The van der Waals surface area contributed by atoms with Gasteiger partial charge in [0.2, 0.25) is 10.0 Å². The lowest BCUT2D eigenvalue weighted by atomic mass is 10.0. The molecule has 3 aromatic carbocycles. The second-order valence-electron chi connectivity index (χ2n) is 7.05. The molecule has 1 heterocycles. The van der Waals surface area contributed by atoms with Gasteiger partial charge in [0.25, 0.3) is 0 Å². The van der Waals surface area contributed by atoms with Crippen molar-refractivity contribution in [2.45, 2.75) is 24.0 Å². The first-order chi connectivity index (χ1) is 13.6. The van der Waals surface area contributed by atoms with Crippen LogP contribution in [0.25, 0.3) is 0 Å². The maximum atomic E-state index is 13.5. The lowest BCUT2D eigenvalue weighted by Crippen LogP contribution is -2.44. The van der Waals surface area contributed by atoms with Crippen LogP contribution in [0.5, 0.6) is 0 Å². The molecule has 3 aromatic rings. The van der Waals surface area contributed by atoms with E-state index < -0.39 is 10.0 Å². The van der Waals surface area contributed by atoms with E-state index in [1.165, 1.54) is 0 Å². The number of benzene rings is 3. The van der Waals surface area contributed by atoms with Crippen molar-refractivity contribution >= 4 is 10.0 Å². The average Bonchev–Trinajstić information content (AvgIpc) is 2.75. The number of morpholine rings is 1. The Bertz CT molecular complexity index is 1020. The number of rotatable bonds is 4. The summed E-state index contributed by atoms with van der Waals surface area (Å²) in [5, 5.41) is 0. The summed E-state index contributed by atoms with van der Waals surface area (Å²) in [5.41, 5.74) is 2.95.